The number of H-pyrrole nitrogens is 2. The van der Waals surface area contributed by atoms with Crippen molar-refractivity contribution < 1.29 is 4.74 Å². The minimum atomic E-state index is 0.289. The van der Waals surface area contributed by atoms with Crippen molar-refractivity contribution in [2.24, 2.45) is 0 Å². The second-order valence-electron chi connectivity index (χ2n) is 6.47. The molecule has 126 valence electrons. The number of anilines is 1. The number of hydrogen-bond acceptors (Lipinski definition) is 4. The molecule has 0 amide bonds. The number of rotatable bonds is 2. The lowest BCUT2D eigenvalue weighted by atomic mass is 10.1. The predicted molar refractivity (Wildman–Crippen MR) is 98.8 cm³/mol. The Labute approximate surface area is 144 Å². The molecule has 1 saturated heterocycles. The molecule has 0 aliphatic carbocycles. The summed E-state index contributed by atoms with van der Waals surface area (Å²) in [7, 11) is 0. The summed E-state index contributed by atoms with van der Waals surface area (Å²) >= 11 is 0. The van der Waals surface area contributed by atoms with Crippen LogP contribution >= 0.6 is 0 Å². The summed E-state index contributed by atoms with van der Waals surface area (Å²) in [5.74, 6) is 1.72. The molecule has 0 spiro atoms. The molecule has 25 heavy (non-hydrogen) atoms. The van der Waals surface area contributed by atoms with Crippen molar-refractivity contribution in [3.8, 4) is 11.4 Å². The fourth-order valence-corrected chi connectivity index (χ4v) is 3.59. The summed E-state index contributed by atoms with van der Waals surface area (Å²) in [5, 5.41) is 2.19. The van der Waals surface area contributed by atoms with Crippen LogP contribution in [0.2, 0.25) is 0 Å². The molecule has 4 aromatic rings. The standard InChI is InChI=1S/C19H19N5O/c1-12-11-25-10-9-24(12)19-15-6-8-21-17(15)22-18(23-19)14-3-2-4-16-13(14)5-7-20-16/h2-8,12,20H,9-11H2,1H3,(H,21,22,23)/t12-/m1/s1. The van der Waals surface area contributed by atoms with Crippen molar-refractivity contribution in [1.82, 2.24) is 19.9 Å². The molecular weight excluding hydrogens is 314 g/mol. The molecule has 6 heteroatoms. The fraction of sp³-hybridized carbons (Fsp3) is 0.263. The molecule has 1 atom stereocenters. The van der Waals surface area contributed by atoms with E-state index in [1.807, 2.05) is 24.5 Å². The predicted octanol–water partition coefficient (Wildman–Crippen LogP) is 3.33. The summed E-state index contributed by atoms with van der Waals surface area (Å²) in [5.41, 5.74) is 3.00. The van der Waals surface area contributed by atoms with Crippen LogP contribution in [0.3, 0.4) is 0 Å². The van der Waals surface area contributed by atoms with Crippen molar-refractivity contribution in [2.45, 2.75) is 13.0 Å². The summed E-state index contributed by atoms with van der Waals surface area (Å²) in [6.45, 7) is 4.46. The number of nitrogens with one attached hydrogen (secondary N) is 2. The van der Waals surface area contributed by atoms with Gasteiger partial charge in [0, 0.05) is 35.4 Å². The smallest absolute Gasteiger partial charge is 0.164 e. The average molecular weight is 333 g/mol. The summed E-state index contributed by atoms with van der Waals surface area (Å²) < 4.78 is 5.59. The molecule has 6 nitrogen and oxygen atoms in total. The molecule has 2 N–H and O–H groups in total. The Morgan fingerprint density at radius 1 is 1.08 bits per heavy atom. The van der Waals surface area contributed by atoms with E-state index in [0.29, 0.717) is 0 Å². The zero-order valence-electron chi connectivity index (χ0n) is 14.0. The van der Waals surface area contributed by atoms with Gasteiger partial charge in [-0.15, -0.1) is 0 Å². The lowest BCUT2D eigenvalue weighted by Gasteiger charge is -2.34. The van der Waals surface area contributed by atoms with Gasteiger partial charge in [0.05, 0.1) is 24.6 Å². The first kappa shape index (κ1) is 14.5. The Morgan fingerprint density at radius 2 is 1.96 bits per heavy atom. The highest BCUT2D eigenvalue weighted by atomic mass is 16.5. The van der Waals surface area contributed by atoms with Gasteiger partial charge in [0.2, 0.25) is 0 Å². The van der Waals surface area contributed by atoms with Gasteiger partial charge >= 0.3 is 0 Å². The van der Waals surface area contributed by atoms with Crippen LogP contribution in [0.5, 0.6) is 0 Å². The molecule has 0 unspecified atom stereocenters. The molecule has 1 fully saturated rings. The molecule has 4 heterocycles. The van der Waals surface area contributed by atoms with Crippen LogP contribution in [-0.2, 0) is 4.74 Å². The highest BCUT2D eigenvalue weighted by molar-refractivity contribution is 5.96. The quantitative estimate of drug-likeness (QED) is 0.590. The van der Waals surface area contributed by atoms with Crippen LogP contribution in [0.25, 0.3) is 33.3 Å². The molecule has 1 aliphatic rings. The SMILES string of the molecule is C[C@@H]1COCCN1c1nc(-c2cccc3[nH]ccc23)nc2[nH]ccc12. The lowest BCUT2D eigenvalue weighted by Crippen LogP contribution is -2.44. The van der Waals surface area contributed by atoms with E-state index in [1.165, 1.54) is 0 Å². The van der Waals surface area contributed by atoms with E-state index in [-0.39, 0.29) is 6.04 Å². The van der Waals surface area contributed by atoms with Crippen LogP contribution in [-0.4, -0.2) is 45.7 Å². The molecule has 3 aromatic heterocycles. The van der Waals surface area contributed by atoms with Crippen LogP contribution in [0.15, 0.2) is 42.7 Å². The van der Waals surface area contributed by atoms with E-state index in [2.05, 4.69) is 40.0 Å². The lowest BCUT2D eigenvalue weighted by molar-refractivity contribution is 0.0987. The van der Waals surface area contributed by atoms with Crippen molar-refractivity contribution in [1.29, 1.82) is 0 Å². The first-order valence-corrected chi connectivity index (χ1v) is 8.57. The second-order valence-corrected chi connectivity index (χ2v) is 6.47. The van der Waals surface area contributed by atoms with Gasteiger partial charge in [-0.25, -0.2) is 9.97 Å². The maximum atomic E-state index is 5.59. The van der Waals surface area contributed by atoms with Gasteiger partial charge in [0.25, 0.3) is 0 Å². The molecule has 0 radical (unpaired) electrons. The van der Waals surface area contributed by atoms with Gasteiger partial charge < -0.3 is 19.6 Å². The van der Waals surface area contributed by atoms with E-state index >= 15 is 0 Å². The van der Waals surface area contributed by atoms with E-state index in [9.17, 15) is 0 Å². The number of hydrogen-bond donors (Lipinski definition) is 2. The third-order valence-electron chi connectivity index (χ3n) is 4.87. The fourth-order valence-electron chi connectivity index (χ4n) is 3.59. The first-order chi connectivity index (χ1) is 12.3. The van der Waals surface area contributed by atoms with Crippen LogP contribution < -0.4 is 4.90 Å². The van der Waals surface area contributed by atoms with Crippen molar-refractivity contribution in [2.75, 3.05) is 24.7 Å². The Kier molecular flexibility index (Phi) is 3.24. The maximum absolute atomic E-state index is 5.59. The summed E-state index contributed by atoms with van der Waals surface area (Å²) in [4.78, 5) is 18.6. The monoisotopic (exact) mass is 333 g/mol. The van der Waals surface area contributed by atoms with E-state index in [1.54, 1.807) is 0 Å². The second kappa shape index (κ2) is 5.60. The average Bonchev–Trinajstić information content (AvgIpc) is 3.30. The van der Waals surface area contributed by atoms with Gasteiger partial charge in [0.1, 0.15) is 11.5 Å². The van der Waals surface area contributed by atoms with E-state index in [4.69, 9.17) is 14.7 Å². The van der Waals surface area contributed by atoms with Gasteiger partial charge in [-0.1, -0.05) is 12.1 Å². The topological polar surface area (TPSA) is 69.8 Å². The van der Waals surface area contributed by atoms with Crippen LogP contribution in [0.1, 0.15) is 6.92 Å². The molecule has 1 aromatic carbocycles. The van der Waals surface area contributed by atoms with E-state index < -0.39 is 0 Å². The third-order valence-corrected chi connectivity index (χ3v) is 4.87. The van der Waals surface area contributed by atoms with Crippen LogP contribution in [0.4, 0.5) is 5.82 Å². The molecule has 1 aliphatic heterocycles. The number of morpholine rings is 1. The largest absolute Gasteiger partial charge is 0.377 e. The third kappa shape index (κ3) is 2.29. The number of benzene rings is 1. The zero-order chi connectivity index (χ0) is 16.8. The van der Waals surface area contributed by atoms with Gasteiger partial charge in [0.15, 0.2) is 5.82 Å². The number of aromatic amines is 2. The van der Waals surface area contributed by atoms with Crippen molar-refractivity contribution in [3.05, 3.63) is 42.7 Å². The van der Waals surface area contributed by atoms with Gasteiger partial charge in [-0.3, -0.25) is 0 Å². The minimum Gasteiger partial charge on any atom is -0.377 e. The van der Waals surface area contributed by atoms with E-state index in [0.717, 1.165) is 58.9 Å². The van der Waals surface area contributed by atoms with Gasteiger partial charge in [-0.2, -0.15) is 0 Å². The zero-order valence-corrected chi connectivity index (χ0v) is 14.0. The highest BCUT2D eigenvalue weighted by Crippen LogP contribution is 2.31. The number of fused-ring (bicyclic) bond motifs is 2. The maximum Gasteiger partial charge on any atom is 0.164 e. The Hall–Kier alpha value is -2.86. The molecule has 5 rings (SSSR count). The van der Waals surface area contributed by atoms with Crippen molar-refractivity contribution in [3.63, 3.8) is 0 Å². The van der Waals surface area contributed by atoms with Crippen LogP contribution in [0, 0.1) is 0 Å². The Morgan fingerprint density at radius 3 is 2.88 bits per heavy atom. The molecule has 0 bridgehead atoms. The Bertz CT molecular complexity index is 1050. The first-order valence-electron chi connectivity index (χ1n) is 8.57. The number of ether oxygens (including phenoxy) is 1. The molecule has 0 saturated carbocycles. The summed E-state index contributed by atoms with van der Waals surface area (Å²) in [6, 6.07) is 10.6. The van der Waals surface area contributed by atoms with Crippen molar-refractivity contribution >= 4 is 27.8 Å². The normalized spacial score (nSPS) is 18.3. The highest BCUT2D eigenvalue weighted by Gasteiger charge is 2.24. The summed E-state index contributed by atoms with van der Waals surface area (Å²) in [6.07, 6.45) is 3.88. The minimum absolute atomic E-state index is 0.289. The molecular formula is C19H19N5O. The number of nitrogens with zero attached hydrogens (tertiary/aromatic N) is 3. The van der Waals surface area contributed by atoms with Gasteiger partial charge in [-0.05, 0) is 25.1 Å². The Balaban J connectivity index is 1.73. The number of aromatic nitrogens is 4.